The van der Waals surface area contributed by atoms with Gasteiger partial charge in [-0.25, -0.2) is 4.79 Å². The molecule has 0 fully saturated rings. The van der Waals surface area contributed by atoms with Crippen LogP contribution in [0.15, 0.2) is 30.0 Å². The Bertz CT molecular complexity index is 494. The van der Waals surface area contributed by atoms with E-state index in [4.69, 9.17) is 19.7 Å². The minimum Gasteiger partial charge on any atom is -0.492 e. The Morgan fingerprint density at radius 2 is 1.90 bits per heavy atom. The smallest absolute Gasteiger partial charge is 0.375 e. The first-order valence-corrected chi connectivity index (χ1v) is 5.97. The summed E-state index contributed by atoms with van der Waals surface area (Å²) >= 11 is 0. The number of hydrogen-bond donors (Lipinski definition) is 3. The van der Waals surface area contributed by atoms with Crippen molar-refractivity contribution in [3.05, 3.63) is 41.2 Å². The van der Waals surface area contributed by atoms with Gasteiger partial charge in [0.1, 0.15) is 0 Å². The van der Waals surface area contributed by atoms with Crippen molar-refractivity contribution in [2.75, 3.05) is 20.8 Å². The predicted molar refractivity (Wildman–Crippen MR) is 71.8 cm³/mol. The first-order valence-electron chi connectivity index (χ1n) is 5.97. The van der Waals surface area contributed by atoms with E-state index in [2.05, 4.69) is 0 Å². The first-order chi connectivity index (χ1) is 9.54. The maximum Gasteiger partial charge on any atom is 0.375 e. The second-order valence-electron chi connectivity index (χ2n) is 4.07. The van der Waals surface area contributed by atoms with E-state index < -0.39 is 12.1 Å². The van der Waals surface area contributed by atoms with E-state index in [9.17, 15) is 9.90 Å². The van der Waals surface area contributed by atoms with Crippen LogP contribution in [0.3, 0.4) is 0 Å². The number of rotatable bonds is 7. The maximum absolute atomic E-state index is 11.1. The van der Waals surface area contributed by atoms with Gasteiger partial charge in [-0.05, 0) is 5.56 Å². The largest absolute Gasteiger partial charge is 0.492 e. The molecule has 0 aromatic heterocycles. The van der Waals surface area contributed by atoms with Crippen LogP contribution in [0.4, 0.5) is 0 Å². The molecular formula is C14H18O6. The van der Waals surface area contributed by atoms with Crippen molar-refractivity contribution < 1.29 is 29.6 Å². The van der Waals surface area contributed by atoms with E-state index in [1.807, 2.05) is 0 Å². The molecule has 1 aromatic carbocycles. The van der Waals surface area contributed by atoms with Crippen molar-refractivity contribution in [2.45, 2.75) is 12.5 Å². The van der Waals surface area contributed by atoms with Gasteiger partial charge in [0.2, 0.25) is 5.76 Å². The van der Waals surface area contributed by atoms with Gasteiger partial charge in [0, 0.05) is 12.0 Å². The molecule has 1 unspecified atom stereocenters. The van der Waals surface area contributed by atoms with Gasteiger partial charge in [0.05, 0.1) is 26.9 Å². The topological polar surface area (TPSA) is 96.2 Å². The Labute approximate surface area is 116 Å². The highest BCUT2D eigenvalue weighted by Crippen LogP contribution is 2.25. The number of carboxylic acids is 1. The lowest BCUT2D eigenvalue weighted by Crippen LogP contribution is -2.17. The summed E-state index contributed by atoms with van der Waals surface area (Å²) in [5.74, 6) is -1.50. The van der Waals surface area contributed by atoms with Crippen LogP contribution in [-0.4, -0.2) is 48.2 Å². The minimum atomic E-state index is -1.25. The predicted octanol–water partition coefficient (Wildman–Crippen LogP) is 0.628. The number of methoxy groups -OCH3 is 2. The van der Waals surface area contributed by atoms with E-state index in [1.54, 1.807) is 24.3 Å². The van der Waals surface area contributed by atoms with Gasteiger partial charge < -0.3 is 24.8 Å². The number of ether oxygens (including phenoxy) is 2. The van der Waals surface area contributed by atoms with Gasteiger partial charge >= 0.3 is 5.97 Å². The van der Waals surface area contributed by atoms with Gasteiger partial charge in [-0.15, -0.1) is 0 Å². The third kappa shape index (κ3) is 3.72. The Kier molecular flexibility index (Phi) is 6.02. The summed E-state index contributed by atoms with van der Waals surface area (Å²) in [5.41, 5.74) is 1.16. The Morgan fingerprint density at radius 1 is 1.25 bits per heavy atom. The number of benzene rings is 1. The van der Waals surface area contributed by atoms with Crippen molar-refractivity contribution in [3.63, 3.8) is 0 Å². The molecule has 0 heterocycles. The Hall–Kier alpha value is -2.05. The molecule has 0 aliphatic rings. The number of carbonyl (C=O) groups is 1. The molecule has 0 amide bonds. The number of aliphatic carboxylic acids is 1. The van der Waals surface area contributed by atoms with E-state index in [-0.39, 0.29) is 24.5 Å². The molecule has 1 atom stereocenters. The minimum absolute atomic E-state index is 0.0701. The fourth-order valence-electron chi connectivity index (χ4n) is 1.84. The Balaban J connectivity index is 3.32. The molecule has 0 saturated heterocycles. The highest BCUT2D eigenvalue weighted by molar-refractivity contribution is 5.93. The molecule has 6 nitrogen and oxygen atoms in total. The standard InChI is InChI=1S/C14H18O6/c1-19-12(13(20-2)14(17)18)11-6-4-3-5-9(11)7-10(16)8-15/h3-6,10,15-16H,7-8H2,1-2H3,(H,17,18). The third-order valence-electron chi connectivity index (χ3n) is 2.74. The van der Waals surface area contributed by atoms with Crippen molar-refractivity contribution in [1.82, 2.24) is 0 Å². The lowest BCUT2D eigenvalue weighted by molar-refractivity contribution is -0.136. The second kappa shape index (κ2) is 7.52. The zero-order valence-corrected chi connectivity index (χ0v) is 11.4. The zero-order valence-electron chi connectivity index (χ0n) is 11.4. The molecule has 0 aliphatic heterocycles. The molecule has 1 rings (SSSR count). The number of carboxylic acid groups (broad SMARTS) is 1. The third-order valence-corrected chi connectivity index (χ3v) is 2.74. The van der Waals surface area contributed by atoms with Crippen molar-refractivity contribution in [2.24, 2.45) is 0 Å². The van der Waals surface area contributed by atoms with E-state index in [0.717, 1.165) is 0 Å². The highest BCUT2D eigenvalue weighted by Gasteiger charge is 2.20. The van der Waals surface area contributed by atoms with E-state index in [1.165, 1.54) is 14.2 Å². The lowest BCUT2D eigenvalue weighted by Gasteiger charge is -2.15. The van der Waals surface area contributed by atoms with Crippen molar-refractivity contribution >= 4 is 11.7 Å². The van der Waals surface area contributed by atoms with E-state index >= 15 is 0 Å². The molecule has 0 radical (unpaired) electrons. The van der Waals surface area contributed by atoms with Crippen molar-refractivity contribution in [3.8, 4) is 0 Å². The molecule has 0 saturated carbocycles. The van der Waals surface area contributed by atoms with Crippen LogP contribution in [-0.2, 0) is 20.7 Å². The summed E-state index contributed by atoms with van der Waals surface area (Å²) in [7, 11) is 2.59. The van der Waals surface area contributed by atoms with Crippen LogP contribution in [0.25, 0.3) is 5.76 Å². The van der Waals surface area contributed by atoms with Crippen LogP contribution in [0.5, 0.6) is 0 Å². The lowest BCUT2D eigenvalue weighted by atomic mass is 9.99. The average molecular weight is 282 g/mol. The van der Waals surface area contributed by atoms with Gasteiger partial charge in [0.25, 0.3) is 0 Å². The van der Waals surface area contributed by atoms with Crippen molar-refractivity contribution in [1.29, 1.82) is 0 Å². The summed E-state index contributed by atoms with van der Waals surface area (Å²) < 4.78 is 9.98. The normalized spacial score (nSPS) is 13.4. The molecular weight excluding hydrogens is 264 g/mol. The molecule has 0 bridgehead atoms. The van der Waals surface area contributed by atoms with Crippen LogP contribution in [0.1, 0.15) is 11.1 Å². The number of aliphatic hydroxyl groups is 2. The maximum atomic E-state index is 11.1. The summed E-state index contributed by atoms with van der Waals surface area (Å²) in [6, 6.07) is 6.87. The summed E-state index contributed by atoms with van der Waals surface area (Å²) in [5, 5.41) is 27.6. The molecule has 6 heteroatoms. The Morgan fingerprint density at radius 3 is 2.40 bits per heavy atom. The fraction of sp³-hybridized carbons (Fsp3) is 0.357. The van der Waals surface area contributed by atoms with Gasteiger partial charge in [-0.1, -0.05) is 24.3 Å². The van der Waals surface area contributed by atoms with Crippen LogP contribution < -0.4 is 0 Å². The molecule has 1 aromatic rings. The van der Waals surface area contributed by atoms with E-state index in [0.29, 0.717) is 11.1 Å². The number of hydrogen-bond acceptors (Lipinski definition) is 5. The summed E-state index contributed by atoms with van der Waals surface area (Å²) in [4.78, 5) is 11.1. The van der Waals surface area contributed by atoms with Crippen LogP contribution >= 0.6 is 0 Å². The second-order valence-corrected chi connectivity index (χ2v) is 4.07. The number of aliphatic hydroxyl groups excluding tert-OH is 2. The average Bonchev–Trinajstić information content (AvgIpc) is 2.44. The summed E-state index contributed by atoms with van der Waals surface area (Å²) in [6.45, 7) is -0.379. The van der Waals surface area contributed by atoms with Gasteiger partial charge in [-0.2, -0.15) is 0 Å². The SMILES string of the molecule is COC(C(=O)O)=C(OC)c1ccccc1CC(O)CO. The zero-order chi connectivity index (χ0) is 15.1. The fourth-order valence-corrected chi connectivity index (χ4v) is 1.84. The first kappa shape index (κ1) is 16.0. The molecule has 0 aliphatic carbocycles. The van der Waals surface area contributed by atoms with Gasteiger partial charge in [0.15, 0.2) is 5.76 Å². The monoisotopic (exact) mass is 282 g/mol. The van der Waals surface area contributed by atoms with Crippen LogP contribution in [0.2, 0.25) is 0 Å². The highest BCUT2D eigenvalue weighted by atomic mass is 16.5. The van der Waals surface area contributed by atoms with Crippen LogP contribution in [0, 0.1) is 0 Å². The molecule has 110 valence electrons. The van der Waals surface area contributed by atoms with Gasteiger partial charge in [-0.3, -0.25) is 0 Å². The molecule has 20 heavy (non-hydrogen) atoms. The quantitative estimate of drug-likeness (QED) is 0.501. The molecule has 3 N–H and O–H groups in total. The summed E-state index contributed by atoms with van der Waals surface area (Å²) in [6.07, 6.45) is -0.749. The molecule has 0 spiro atoms.